The third-order valence-electron chi connectivity index (χ3n) is 3.54. The van der Waals surface area contributed by atoms with Gasteiger partial charge >= 0.3 is 0 Å². The monoisotopic (exact) mass is 275 g/mol. The van der Waals surface area contributed by atoms with Crippen LogP contribution in [0.4, 0.5) is 4.39 Å². The van der Waals surface area contributed by atoms with E-state index in [4.69, 9.17) is 4.74 Å². The Morgan fingerprint density at radius 1 is 1.30 bits per heavy atom. The van der Waals surface area contributed by atoms with Gasteiger partial charge in [0.1, 0.15) is 17.2 Å². The van der Waals surface area contributed by atoms with Crippen LogP contribution >= 0.6 is 0 Å². The molecule has 4 heteroatoms. The second kappa shape index (κ2) is 5.59. The molecule has 0 spiro atoms. The van der Waals surface area contributed by atoms with Crippen LogP contribution in [0.1, 0.15) is 30.2 Å². The minimum absolute atomic E-state index is 0.418. The van der Waals surface area contributed by atoms with Gasteiger partial charge in [0.05, 0.1) is 19.0 Å². The van der Waals surface area contributed by atoms with Crippen LogP contribution in [0.25, 0.3) is 0 Å². The summed E-state index contributed by atoms with van der Waals surface area (Å²) in [4.78, 5) is 4.03. The number of methoxy groups -OCH3 is 1. The van der Waals surface area contributed by atoms with Crippen LogP contribution in [0.5, 0.6) is 5.75 Å². The average Bonchev–Trinajstić information content (AvgIpc) is 2.47. The van der Waals surface area contributed by atoms with Crippen molar-refractivity contribution in [3.8, 4) is 5.75 Å². The fraction of sp³-hybridized carbons (Fsp3) is 0.312. The van der Waals surface area contributed by atoms with E-state index in [-0.39, 0.29) is 0 Å². The average molecular weight is 275 g/mol. The van der Waals surface area contributed by atoms with Gasteiger partial charge in [0.15, 0.2) is 0 Å². The molecule has 0 saturated carbocycles. The van der Waals surface area contributed by atoms with Gasteiger partial charge < -0.3 is 9.84 Å². The van der Waals surface area contributed by atoms with Crippen LogP contribution in [0.15, 0.2) is 36.5 Å². The smallest absolute Gasteiger partial charge is 0.141 e. The van der Waals surface area contributed by atoms with Crippen molar-refractivity contribution in [2.24, 2.45) is 0 Å². The number of hydrogen-bond donors (Lipinski definition) is 1. The standard InChI is InChI=1S/C16H18FNO2/c1-4-16(19,15-8-5-12(17)10-18-15)14-7-6-13(20-3)9-11(14)2/h5-10,19H,4H2,1-3H3. The summed E-state index contributed by atoms with van der Waals surface area (Å²) >= 11 is 0. The molecule has 0 aliphatic heterocycles. The Morgan fingerprint density at radius 2 is 2.05 bits per heavy atom. The molecule has 0 radical (unpaired) electrons. The summed E-state index contributed by atoms with van der Waals surface area (Å²) < 4.78 is 18.2. The summed E-state index contributed by atoms with van der Waals surface area (Å²) in [6, 6.07) is 8.30. The lowest BCUT2D eigenvalue weighted by Crippen LogP contribution is -2.28. The molecule has 1 aromatic carbocycles. The van der Waals surface area contributed by atoms with Gasteiger partial charge in [-0.05, 0) is 48.7 Å². The molecule has 0 fully saturated rings. The quantitative estimate of drug-likeness (QED) is 0.931. The third-order valence-corrected chi connectivity index (χ3v) is 3.54. The lowest BCUT2D eigenvalue weighted by atomic mass is 9.84. The molecule has 1 unspecified atom stereocenters. The molecule has 0 bridgehead atoms. The number of ether oxygens (including phenoxy) is 1. The Balaban J connectivity index is 2.52. The van der Waals surface area contributed by atoms with Crippen LogP contribution < -0.4 is 4.74 Å². The second-order valence-corrected chi connectivity index (χ2v) is 4.76. The third kappa shape index (κ3) is 2.51. The topological polar surface area (TPSA) is 42.4 Å². The maximum absolute atomic E-state index is 13.0. The molecule has 1 aromatic heterocycles. The van der Waals surface area contributed by atoms with E-state index in [9.17, 15) is 9.50 Å². The number of aromatic nitrogens is 1. The zero-order valence-electron chi connectivity index (χ0n) is 11.9. The number of pyridine rings is 1. The van der Waals surface area contributed by atoms with E-state index in [1.807, 2.05) is 26.0 Å². The number of rotatable bonds is 4. The largest absolute Gasteiger partial charge is 0.497 e. The maximum atomic E-state index is 13.0. The molecule has 2 aromatic rings. The highest BCUT2D eigenvalue weighted by molar-refractivity contribution is 5.42. The van der Waals surface area contributed by atoms with E-state index in [0.717, 1.165) is 23.1 Å². The van der Waals surface area contributed by atoms with Crippen molar-refractivity contribution in [3.63, 3.8) is 0 Å². The Labute approximate surface area is 118 Å². The first kappa shape index (κ1) is 14.5. The molecule has 1 atom stereocenters. The van der Waals surface area contributed by atoms with Gasteiger partial charge in [-0.25, -0.2) is 4.39 Å². The van der Waals surface area contributed by atoms with Crippen LogP contribution in [0.3, 0.4) is 0 Å². The van der Waals surface area contributed by atoms with E-state index in [1.54, 1.807) is 13.2 Å². The summed E-state index contributed by atoms with van der Waals surface area (Å²) in [6.45, 7) is 3.77. The Morgan fingerprint density at radius 3 is 2.55 bits per heavy atom. The van der Waals surface area contributed by atoms with Crippen molar-refractivity contribution < 1.29 is 14.2 Å². The zero-order chi connectivity index (χ0) is 14.8. The van der Waals surface area contributed by atoms with E-state index < -0.39 is 11.4 Å². The van der Waals surface area contributed by atoms with E-state index >= 15 is 0 Å². The first-order valence-corrected chi connectivity index (χ1v) is 6.50. The van der Waals surface area contributed by atoms with Crippen LogP contribution in [0, 0.1) is 12.7 Å². The number of nitrogens with zero attached hydrogens (tertiary/aromatic N) is 1. The number of aliphatic hydroxyl groups is 1. The Hall–Kier alpha value is -1.94. The van der Waals surface area contributed by atoms with Gasteiger partial charge in [0, 0.05) is 0 Å². The number of aryl methyl sites for hydroxylation is 1. The van der Waals surface area contributed by atoms with E-state index in [1.165, 1.54) is 12.1 Å². The number of benzene rings is 1. The van der Waals surface area contributed by atoms with Crippen LogP contribution in [-0.4, -0.2) is 17.2 Å². The summed E-state index contributed by atoms with van der Waals surface area (Å²) in [5.41, 5.74) is 0.860. The molecular formula is C16H18FNO2. The zero-order valence-corrected chi connectivity index (χ0v) is 11.9. The molecular weight excluding hydrogens is 257 g/mol. The van der Waals surface area contributed by atoms with Gasteiger partial charge in [0.25, 0.3) is 0 Å². The molecule has 0 amide bonds. The first-order valence-electron chi connectivity index (χ1n) is 6.50. The van der Waals surface area contributed by atoms with Crippen LogP contribution in [0.2, 0.25) is 0 Å². The van der Waals surface area contributed by atoms with Gasteiger partial charge in [-0.1, -0.05) is 13.0 Å². The Kier molecular flexibility index (Phi) is 4.04. The number of halogens is 1. The maximum Gasteiger partial charge on any atom is 0.141 e. The highest BCUT2D eigenvalue weighted by Gasteiger charge is 2.32. The molecule has 0 aliphatic carbocycles. The summed E-state index contributed by atoms with van der Waals surface area (Å²) in [7, 11) is 1.60. The van der Waals surface area contributed by atoms with Gasteiger partial charge in [0.2, 0.25) is 0 Å². The minimum Gasteiger partial charge on any atom is -0.497 e. The highest BCUT2D eigenvalue weighted by atomic mass is 19.1. The SMILES string of the molecule is CCC(O)(c1ccc(F)cn1)c1ccc(OC)cc1C. The molecule has 20 heavy (non-hydrogen) atoms. The van der Waals surface area contributed by atoms with E-state index in [2.05, 4.69) is 4.98 Å². The highest BCUT2D eigenvalue weighted by Crippen LogP contribution is 2.35. The van der Waals surface area contributed by atoms with Crippen LogP contribution in [-0.2, 0) is 5.60 Å². The van der Waals surface area contributed by atoms with Crippen molar-refractivity contribution in [1.29, 1.82) is 0 Å². The normalized spacial score (nSPS) is 13.8. The molecule has 1 N–H and O–H groups in total. The molecule has 2 rings (SSSR count). The van der Waals surface area contributed by atoms with Gasteiger partial charge in [-0.2, -0.15) is 0 Å². The fourth-order valence-corrected chi connectivity index (χ4v) is 2.36. The van der Waals surface area contributed by atoms with Crippen molar-refractivity contribution in [2.75, 3.05) is 7.11 Å². The lowest BCUT2D eigenvalue weighted by molar-refractivity contribution is 0.0711. The minimum atomic E-state index is -1.23. The van der Waals surface area contributed by atoms with Crippen molar-refractivity contribution in [2.45, 2.75) is 25.9 Å². The van der Waals surface area contributed by atoms with Gasteiger partial charge in [-0.3, -0.25) is 4.98 Å². The van der Waals surface area contributed by atoms with Crippen molar-refractivity contribution >= 4 is 0 Å². The Bertz CT molecular complexity index is 598. The molecule has 3 nitrogen and oxygen atoms in total. The predicted molar refractivity (Wildman–Crippen MR) is 75.2 cm³/mol. The molecule has 1 heterocycles. The fourth-order valence-electron chi connectivity index (χ4n) is 2.36. The predicted octanol–water partition coefficient (Wildman–Crippen LogP) is 3.18. The summed E-state index contributed by atoms with van der Waals surface area (Å²) in [5, 5.41) is 11.0. The number of hydrogen-bond acceptors (Lipinski definition) is 3. The molecule has 0 saturated heterocycles. The summed E-state index contributed by atoms with van der Waals surface area (Å²) in [6.07, 6.45) is 1.56. The lowest BCUT2D eigenvalue weighted by Gasteiger charge is -2.28. The van der Waals surface area contributed by atoms with Crippen molar-refractivity contribution in [3.05, 3.63) is 59.2 Å². The molecule has 0 aliphatic rings. The van der Waals surface area contributed by atoms with E-state index in [0.29, 0.717) is 12.1 Å². The molecule has 106 valence electrons. The summed E-state index contributed by atoms with van der Waals surface area (Å²) in [5.74, 6) is 0.315. The first-order chi connectivity index (χ1) is 9.51. The second-order valence-electron chi connectivity index (χ2n) is 4.76. The van der Waals surface area contributed by atoms with Gasteiger partial charge in [-0.15, -0.1) is 0 Å². The van der Waals surface area contributed by atoms with Crippen molar-refractivity contribution in [1.82, 2.24) is 4.98 Å².